The highest BCUT2D eigenvalue weighted by molar-refractivity contribution is 5.66. The maximum Gasteiger partial charge on any atom is 0.168 e. The average Bonchev–Trinajstić information content (AvgIpc) is 2.99. The summed E-state index contributed by atoms with van der Waals surface area (Å²) in [6.45, 7) is 16.5. The van der Waals surface area contributed by atoms with E-state index in [1.165, 1.54) is 0 Å². The Bertz CT molecular complexity index is 1480. The summed E-state index contributed by atoms with van der Waals surface area (Å²) in [5, 5.41) is 22.3. The second-order valence-corrected chi connectivity index (χ2v) is 11.4. The minimum Gasteiger partial charge on any atom is -0.504 e. The van der Waals surface area contributed by atoms with Gasteiger partial charge in [-0.05, 0) is 44.9 Å². The zero-order valence-electron chi connectivity index (χ0n) is 25.6. The van der Waals surface area contributed by atoms with Crippen molar-refractivity contribution in [2.24, 2.45) is 5.73 Å². The summed E-state index contributed by atoms with van der Waals surface area (Å²) in [6.07, 6.45) is 6.23. The molecule has 0 saturated carbocycles. The summed E-state index contributed by atoms with van der Waals surface area (Å²) in [5.41, 5.74) is 12.0. The fraction of sp³-hybridized carbons (Fsp3) is 0.441. The molecule has 3 N–H and O–H groups in total. The fourth-order valence-electron chi connectivity index (χ4n) is 7.54. The summed E-state index contributed by atoms with van der Waals surface area (Å²) >= 11 is 0. The van der Waals surface area contributed by atoms with Crippen LogP contribution in [0.15, 0.2) is 44.0 Å². The van der Waals surface area contributed by atoms with Crippen LogP contribution in [0.25, 0.3) is 0 Å². The summed E-state index contributed by atoms with van der Waals surface area (Å²) in [4.78, 5) is 4.50. The van der Waals surface area contributed by atoms with Gasteiger partial charge in [0.15, 0.2) is 23.0 Å². The van der Waals surface area contributed by atoms with Crippen molar-refractivity contribution in [3.8, 4) is 34.8 Å². The minimum atomic E-state index is -0.464. The van der Waals surface area contributed by atoms with Crippen LogP contribution < -0.4 is 24.7 Å². The highest BCUT2D eigenvalue weighted by Crippen LogP contribution is 2.57. The minimum absolute atomic E-state index is 0.113. The number of methoxy groups -OCH3 is 1. The maximum absolute atomic E-state index is 11.6. The average molecular weight is 587 g/mol. The number of piperazine rings is 1. The molecule has 1 saturated heterocycles. The summed E-state index contributed by atoms with van der Waals surface area (Å²) in [6, 6.07) is 3.33. The Morgan fingerprint density at radius 1 is 0.977 bits per heavy atom. The number of likely N-dealkylation sites (N-methyl/N-ethyl adjacent to an activating group) is 1. The molecule has 1 fully saturated rings. The van der Waals surface area contributed by atoms with Gasteiger partial charge in [-0.25, -0.2) is 0 Å². The molecule has 5 rings (SSSR count). The molecule has 2 aromatic rings. The number of nitriles is 1. The molecule has 228 valence electrons. The third kappa shape index (κ3) is 4.74. The van der Waals surface area contributed by atoms with Crippen LogP contribution in [0.3, 0.4) is 0 Å². The van der Waals surface area contributed by atoms with E-state index in [1.54, 1.807) is 25.3 Å². The van der Waals surface area contributed by atoms with Gasteiger partial charge in [0, 0.05) is 40.9 Å². The molecule has 0 unspecified atom stereocenters. The van der Waals surface area contributed by atoms with Crippen LogP contribution in [-0.2, 0) is 12.8 Å². The number of benzene rings is 2. The predicted molar refractivity (Wildman–Crippen MR) is 166 cm³/mol. The third-order valence-corrected chi connectivity index (χ3v) is 9.12. The van der Waals surface area contributed by atoms with E-state index in [9.17, 15) is 10.4 Å². The topological polar surface area (TPSA) is 113 Å². The third-order valence-electron chi connectivity index (χ3n) is 9.12. The van der Waals surface area contributed by atoms with E-state index in [-0.39, 0.29) is 49.7 Å². The van der Waals surface area contributed by atoms with Crippen LogP contribution in [-0.4, -0.2) is 73.6 Å². The molecular weight excluding hydrogens is 544 g/mol. The molecule has 0 spiro atoms. The number of aromatic hydroxyl groups is 1. The van der Waals surface area contributed by atoms with Crippen molar-refractivity contribution in [3.05, 3.63) is 77.4 Å². The lowest BCUT2D eigenvalue weighted by Crippen LogP contribution is -2.68. The monoisotopic (exact) mass is 586 g/mol. The predicted octanol–water partition coefficient (Wildman–Crippen LogP) is 4.44. The van der Waals surface area contributed by atoms with Crippen LogP contribution in [0, 0.1) is 25.2 Å². The number of ether oxygens (including phenoxy) is 4. The van der Waals surface area contributed by atoms with Crippen molar-refractivity contribution in [2.45, 2.75) is 56.9 Å². The van der Waals surface area contributed by atoms with Gasteiger partial charge in [0.2, 0.25) is 0 Å². The van der Waals surface area contributed by atoms with E-state index in [4.69, 9.17) is 24.7 Å². The highest BCUT2D eigenvalue weighted by Gasteiger charge is 2.56. The highest BCUT2D eigenvalue weighted by atomic mass is 16.5. The first-order chi connectivity index (χ1) is 20.8. The van der Waals surface area contributed by atoms with E-state index < -0.39 is 6.04 Å². The Labute approximate surface area is 254 Å². The van der Waals surface area contributed by atoms with Crippen molar-refractivity contribution in [1.29, 1.82) is 5.26 Å². The van der Waals surface area contributed by atoms with Gasteiger partial charge in [-0.2, -0.15) is 5.26 Å². The van der Waals surface area contributed by atoms with E-state index in [0.29, 0.717) is 42.4 Å². The molecular formula is C34H42N4O5. The first-order valence-corrected chi connectivity index (χ1v) is 14.7. The molecule has 3 aliphatic heterocycles. The zero-order chi connectivity index (χ0) is 31.0. The zero-order valence-corrected chi connectivity index (χ0v) is 25.6. The van der Waals surface area contributed by atoms with Crippen molar-refractivity contribution < 1.29 is 24.1 Å². The van der Waals surface area contributed by atoms with E-state index in [2.05, 4.69) is 41.7 Å². The second kappa shape index (κ2) is 12.3. The normalized spacial score (nSPS) is 24.0. The molecule has 0 aliphatic carbocycles. The van der Waals surface area contributed by atoms with E-state index in [0.717, 1.165) is 33.4 Å². The van der Waals surface area contributed by atoms with Gasteiger partial charge >= 0.3 is 0 Å². The van der Waals surface area contributed by atoms with Crippen molar-refractivity contribution in [2.75, 3.05) is 40.5 Å². The Morgan fingerprint density at radius 2 is 1.60 bits per heavy atom. The second-order valence-electron chi connectivity index (χ2n) is 11.4. The molecule has 3 aliphatic rings. The molecule has 43 heavy (non-hydrogen) atoms. The van der Waals surface area contributed by atoms with Crippen LogP contribution in [0.1, 0.15) is 45.5 Å². The van der Waals surface area contributed by atoms with Crippen LogP contribution in [0.4, 0.5) is 0 Å². The van der Waals surface area contributed by atoms with Gasteiger partial charge < -0.3 is 29.8 Å². The Morgan fingerprint density at radius 3 is 2.19 bits per heavy atom. The summed E-state index contributed by atoms with van der Waals surface area (Å²) in [5.74, 6) is 2.46. The van der Waals surface area contributed by atoms with Crippen molar-refractivity contribution >= 4 is 0 Å². The maximum atomic E-state index is 11.6. The van der Waals surface area contributed by atoms with Gasteiger partial charge in [0.25, 0.3) is 0 Å². The fourth-order valence-corrected chi connectivity index (χ4v) is 7.54. The van der Waals surface area contributed by atoms with Crippen LogP contribution in [0.2, 0.25) is 0 Å². The van der Waals surface area contributed by atoms with Crippen molar-refractivity contribution in [3.63, 3.8) is 0 Å². The lowest BCUT2D eigenvalue weighted by atomic mass is 9.71. The first kappa shape index (κ1) is 30.5. The van der Waals surface area contributed by atoms with Gasteiger partial charge in [0.1, 0.15) is 31.6 Å². The standard InChI is InChI=1S/C34H42N4O5/c1-8-11-41-32-20(5)33(42-12-9-2)34(43-13-10-3)28-22(32)16-24-29-27-21(14-19(4)31(40-7)30(27)39)15-23(37(29)6)25(17-35)38(24)26(28)18-36/h8-10,14,23-26,29,39H,1-3,11-13,15-16,18,36H2,4-7H3/t23-,24-,25-,26-,29-/m0/s1. The molecule has 0 amide bonds. The molecule has 5 atom stereocenters. The number of hydrogen-bond acceptors (Lipinski definition) is 9. The first-order valence-electron chi connectivity index (χ1n) is 14.7. The molecule has 9 heteroatoms. The molecule has 0 aromatic heterocycles. The number of nitrogens with two attached hydrogens (primary N) is 1. The largest absolute Gasteiger partial charge is 0.504 e. The summed E-state index contributed by atoms with van der Waals surface area (Å²) in [7, 11) is 3.62. The van der Waals surface area contributed by atoms with Crippen LogP contribution >= 0.6 is 0 Å². The summed E-state index contributed by atoms with van der Waals surface area (Å²) < 4.78 is 24.6. The van der Waals surface area contributed by atoms with Gasteiger partial charge in [-0.3, -0.25) is 9.80 Å². The number of aryl methyl sites for hydroxylation is 1. The molecule has 2 aromatic carbocycles. The number of phenols is 1. The van der Waals surface area contributed by atoms with Crippen molar-refractivity contribution in [1.82, 2.24) is 9.80 Å². The number of hydrogen-bond donors (Lipinski definition) is 2. The number of rotatable bonds is 11. The smallest absolute Gasteiger partial charge is 0.168 e. The van der Waals surface area contributed by atoms with Gasteiger partial charge in [0.05, 0.1) is 25.3 Å². The van der Waals surface area contributed by atoms with E-state index >= 15 is 0 Å². The SMILES string of the molecule is C=CCOc1c(C)c(OCC=C)c(OCC=C)c2c1C[C@H]1[C@H]3c4c(cc(C)c(OC)c4O)C[C@@H]([C@H](C#N)N1[C@H]2CN)N3C. The lowest BCUT2D eigenvalue weighted by Gasteiger charge is -2.60. The molecule has 9 nitrogen and oxygen atoms in total. The Hall–Kier alpha value is -3.97. The Kier molecular flexibility index (Phi) is 8.74. The molecule has 0 radical (unpaired) electrons. The lowest BCUT2D eigenvalue weighted by molar-refractivity contribution is -0.0711. The quantitative estimate of drug-likeness (QED) is 0.369. The van der Waals surface area contributed by atoms with E-state index in [1.807, 2.05) is 20.9 Å². The number of nitrogens with zero attached hydrogens (tertiary/aromatic N) is 3. The number of phenolic OH excluding ortho intramolecular Hbond substituents is 1. The van der Waals surface area contributed by atoms with Gasteiger partial charge in [-0.15, -0.1) is 0 Å². The van der Waals surface area contributed by atoms with Crippen LogP contribution in [0.5, 0.6) is 28.7 Å². The molecule has 3 heterocycles. The van der Waals surface area contributed by atoms with Gasteiger partial charge in [-0.1, -0.05) is 44.0 Å². The molecule has 2 bridgehead atoms. The number of fused-ring (bicyclic) bond motifs is 7. The Balaban J connectivity index is 1.80.